The highest BCUT2D eigenvalue weighted by atomic mass is 19.1. The fourth-order valence-corrected chi connectivity index (χ4v) is 10.8. The van der Waals surface area contributed by atoms with Gasteiger partial charge in [-0.15, -0.1) is 0 Å². The Morgan fingerprint density at radius 1 is 0.824 bits per heavy atom. The van der Waals surface area contributed by atoms with Gasteiger partial charge >= 0.3 is 18.0 Å². The van der Waals surface area contributed by atoms with Crippen molar-refractivity contribution in [3.63, 3.8) is 0 Å². The number of carbonyl (C=O) groups is 4. The Morgan fingerprint density at radius 2 is 1.49 bits per heavy atom. The summed E-state index contributed by atoms with van der Waals surface area (Å²) in [7, 11) is 1.48. The number of halogens is 3. The van der Waals surface area contributed by atoms with E-state index >= 15 is 8.78 Å². The Morgan fingerprint density at radius 3 is 2.12 bits per heavy atom. The van der Waals surface area contributed by atoms with E-state index in [-0.39, 0.29) is 97.1 Å². The minimum absolute atomic E-state index is 0.00411. The number of cyclic esters (lactones) is 1. The number of hydrogen-bond donors (Lipinski definition) is 5. The Labute approximate surface area is 421 Å². The van der Waals surface area contributed by atoms with E-state index in [0.29, 0.717) is 41.0 Å². The van der Waals surface area contributed by atoms with E-state index in [1.165, 1.54) is 49.5 Å². The van der Waals surface area contributed by atoms with Crippen molar-refractivity contribution in [2.45, 2.75) is 88.1 Å². The first-order chi connectivity index (χ1) is 35.4. The Balaban J connectivity index is 0.000000185. The first-order valence-corrected chi connectivity index (χ1v) is 24.8. The summed E-state index contributed by atoms with van der Waals surface area (Å²) in [6.07, 6.45) is 7.52. The molecule has 5 aromatic rings. The molecule has 392 valence electrons. The Kier molecular flexibility index (Phi) is 13.5. The molecule has 0 radical (unpaired) electrons. The maximum Gasteiger partial charge on any atom is 0.414 e. The molecule has 6 aliphatic rings. The van der Waals surface area contributed by atoms with Gasteiger partial charge < -0.3 is 59.1 Å². The summed E-state index contributed by atoms with van der Waals surface area (Å²) in [5, 5.41) is 36.3. The van der Waals surface area contributed by atoms with E-state index < -0.39 is 63.6 Å². The fourth-order valence-electron chi connectivity index (χ4n) is 10.8. The second-order valence-corrected chi connectivity index (χ2v) is 20.1. The van der Waals surface area contributed by atoms with Crippen molar-refractivity contribution in [3.05, 3.63) is 97.8 Å². The third kappa shape index (κ3) is 9.79. The number of nitrogens with one attached hydrogen (secondary N) is 2. The van der Waals surface area contributed by atoms with Crippen molar-refractivity contribution in [1.82, 2.24) is 19.8 Å². The van der Waals surface area contributed by atoms with Crippen LogP contribution in [0.15, 0.2) is 58.4 Å². The zero-order valence-corrected chi connectivity index (χ0v) is 40.7. The van der Waals surface area contributed by atoms with Crippen molar-refractivity contribution in [2.24, 2.45) is 5.92 Å². The molecular formula is C52H56F3N7O12. The summed E-state index contributed by atoms with van der Waals surface area (Å²) >= 11 is 0. The van der Waals surface area contributed by atoms with Gasteiger partial charge in [-0.2, -0.15) is 0 Å². The number of anilines is 3. The van der Waals surface area contributed by atoms with Crippen LogP contribution in [-0.2, 0) is 9.53 Å². The summed E-state index contributed by atoms with van der Waals surface area (Å²) in [4.78, 5) is 77.1. The number of hydrogen-bond acceptors (Lipinski definition) is 13. The van der Waals surface area contributed by atoms with E-state index in [1.54, 1.807) is 20.1 Å². The van der Waals surface area contributed by atoms with Crippen molar-refractivity contribution in [2.75, 3.05) is 74.2 Å². The molecule has 3 atom stereocenters. The number of piperidine rings is 2. The van der Waals surface area contributed by atoms with E-state index in [2.05, 4.69) is 10.6 Å². The van der Waals surface area contributed by atoms with Gasteiger partial charge in [-0.25, -0.2) is 27.6 Å². The van der Waals surface area contributed by atoms with Crippen LogP contribution >= 0.6 is 0 Å². The Bertz CT molecular complexity index is 3210. The summed E-state index contributed by atoms with van der Waals surface area (Å²) in [5.41, 5.74) is -1.67. The highest BCUT2D eigenvalue weighted by Crippen LogP contribution is 2.45. The Hall–Kier alpha value is -7.33. The predicted molar refractivity (Wildman–Crippen MR) is 265 cm³/mol. The molecule has 6 heterocycles. The molecular weight excluding hydrogens is 972 g/mol. The van der Waals surface area contributed by atoms with Crippen molar-refractivity contribution in [3.8, 4) is 11.5 Å². The van der Waals surface area contributed by atoms with Gasteiger partial charge in [0.15, 0.2) is 23.1 Å². The molecule has 2 amide bonds. The molecule has 6 fully saturated rings. The number of carboxylic acid groups (broad SMARTS) is 2. The number of aliphatic hydroxyl groups is 1. The summed E-state index contributed by atoms with van der Waals surface area (Å²) < 4.78 is 65.6. The van der Waals surface area contributed by atoms with Crippen LogP contribution in [0.5, 0.6) is 11.5 Å². The molecule has 0 unspecified atom stereocenters. The van der Waals surface area contributed by atoms with Gasteiger partial charge in [0, 0.05) is 75.1 Å². The van der Waals surface area contributed by atoms with Gasteiger partial charge in [0.05, 0.1) is 48.0 Å². The number of aromatic carboxylic acids is 2. The lowest BCUT2D eigenvalue weighted by atomic mass is 9.92. The van der Waals surface area contributed by atoms with Gasteiger partial charge in [-0.3, -0.25) is 19.3 Å². The number of rotatable bonds is 13. The van der Waals surface area contributed by atoms with E-state index in [1.807, 2.05) is 4.90 Å². The molecule has 4 aliphatic heterocycles. The minimum Gasteiger partial charge on any atom is -0.492 e. The number of ether oxygens (including phenoxy) is 3. The number of carboxylic acids is 2. The van der Waals surface area contributed by atoms with Crippen LogP contribution < -0.4 is 45.7 Å². The number of carbonyl (C=O) groups excluding carboxylic acids is 2. The number of aromatic nitrogens is 2. The maximum atomic E-state index is 15.3. The lowest BCUT2D eigenvalue weighted by Gasteiger charge is -2.39. The first-order valence-electron chi connectivity index (χ1n) is 24.8. The predicted octanol–water partition coefficient (Wildman–Crippen LogP) is 5.55. The van der Waals surface area contributed by atoms with E-state index in [9.17, 15) is 48.5 Å². The molecule has 4 saturated heterocycles. The standard InChI is InChI=1S/C31H32F2N4O8.C21H24FN3O4/c1-17(38)34-13-20-14-37(30(42)45-20)19-4-5-27(24(33)10-19)44-16-31(43)6-8-35(9-7-31)26-12-25-21(11-23(26)32)28(39)22(29(40)41)15-36(25)18-2-3-18;1-29-20-17-13(19(26)14(21(27)28)9-25(17)12-4-5-12)7-15(22)18(20)24-8-11-3-2-6-23-16(11)10-24/h4-5,10-12,15,18,20,43H,2-3,6-9,13-14,16H2,1H3,(H,34,38)(H,40,41);7,9,11-12,16,23H,2-6,8,10H2,1H3,(H,27,28)/t20-;11-,16+/m00/s1. The molecule has 2 aliphatic carbocycles. The zero-order chi connectivity index (χ0) is 52.3. The van der Waals surface area contributed by atoms with Crippen molar-refractivity contribution >= 4 is 62.8 Å². The van der Waals surface area contributed by atoms with Gasteiger partial charge in [0.1, 0.15) is 40.9 Å². The summed E-state index contributed by atoms with van der Waals surface area (Å²) in [6, 6.07) is 8.29. The number of amides is 2. The van der Waals surface area contributed by atoms with E-state index in [0.717, 1.165) is 63.7 Å². The molecule has 19 nitrogen and oxygen atoms in total. The van der Waals surface area contributed by atoms with Crippen LogP contribution in [0, 0.1) is 23.4 Å². The number of fused-ring (bicyclic) bond motifs is 3. The molecule has 2 saturated carbocycles. The molecule has 11 rings (SSSR count). The van der Waals surface area contributed by atoms with Crippen LogP contribution in [0.4, 0.5) is 35.0 Å². The molecule has 22 heteroatoms. The fraction of sp³-hybridized carbons (Fsp3) is 0.462. The number of nitrogens with zero attached hydrogens (tertiary/aromatic N) is 5. The highest BCUT2D eigenvalue weighted by molar-refractivity contribution is 5.97. The lowest BCUT2D eigenvalue weighted by molar-refractivity contribution is -0.119. The van der Waals surface area contributed by atoms with Gasteiger partial charge in [-0.05, 0) is 94.2 Å². The van der Waals surface area contributed by atoms with Crippen molar-refractivity contribution < 1.29 is 61.9 Å². The average molecular weight is 1030 g/mol. The van der Waals surface area contributed by atoms with Crippen LogP contribution in [0.3, 0.4) is 0 Å². The smallest absolute Gasteiger partial charge is 0.414 e. The maximum absolute atomic E-state index is 15.3. The molecule has 74 heavy (non-hydrogen) atoms. The van der Waals surface area contributed by atoms with Gasteiger partial charge in [-0.1, -0.05) is 0 Å². The van der Waals surface area contributed by atoms with Crippen LogP contribution in [-0.4, -0.2) is 126 Å². The number of methoxy groups -OCH3 is 1. The van der Waals surface area contributed by atoms with Crippen LogP contribution in [0.25, 0.3) is 21.8 Å². The number of pyridine rings is 2. The molecule has 3 aromatic carbocycles. The SMILES string of the molecule is CC(=O)NC[C@H]1CN(c2ccc(OCC3(O)CCN(c4cc5c(cc4F)c(=O)c(C(=O)O)cn5C4CC4)CC3)c(F)c2)C(=O)O1.COc1c(N2C[C@@H]3CCCN[C@@H]3C2)c(F)cc2c(=O)c(C(=O)O)cn(C3CC3)c12. The normalized spacial score (nSPS) is 21.2. The molecule has 2 aromatic heterocycles. The van der Waals surface area contributed by atoms with Gasteiger partial charge in [0.2, 0.25) is 16.8 Å². The molecule has 5 N–H and O–H groups in total. The zero-order valence-electron chi connectivity index (χ0n) is 40.7. The minimum atomic E-state index is -1.36. The third-order valence-corrected chi connectivity index (χ3v) is 15.0. The van der Waals surface area contributed by atoms with Gasteiger partial charge in [0.25, 0.3) is 0 Å². The highest BCUT2D eigenvalue weighted by Gasteiger charge is 2.40. The molecule has 0 spiro atoms. The lowest BCUT2D eigenvalue weighted by Crippen LogP contribution is -2.48. The quantitative estimate of drug-likeness (QED) is 0.0972. The average Bonchev–Trinajstić information content (AvgIpc) is 4.31. The summed E-state index contributed by atoms with van der Waals surface area (Å²) in [6.45, 7) is 4.30. The first kappa shape index (κ1) is 50.2. The second kappa shape index (κ2) is 19.8. The van der Waals surface area contributed by atoms with Crippen LogP contribution in [0.2, 0.25) is 0 Å². The van der Waals surface area contributed by atoms with Crippen LogP contribution in [0.1, 0.15) is 91.1 Å². The monoisotopic (exact) mass is 1030 g/mol. The number of benzene rings is 3. The topological polar surface area (TPSA) is 234 Å². The van der Waals surface area contributed by atoms with E-state index in [4.69, 9.17) is 14.2 Å². The van der Waals surface area contributed by atoms with Crippen molar-refractivity contribution in [1.29, 1.82) is 0 Å². The summed E-state index contributed by atoms with van der Waals surface area (Å²) in [5.74, 6) is -4.21. The molecule has 0 bridgehead atoms. The largest absolute Gasteiger partial charge is 0.492 e. The second-order valence-electron chi connectivity index (χ2n) is 20.1. The third-order valence-electron chi connectivity index (χ3n) is 15.0.